The number of carboxylic acids is 3. The Morgan fingerprint density at radius 2 is 1.24 bits per heavy atom. The van der Waals surface area contributed by atoms with Gasteiger partial charge in [-0.15, -0.1) is 0 Å². The molecule has 0 aliphatic carbocycles. The molecule has 0 heterocycles. The Hall–Kier alpha value is -4.48. The molecule has 0 aromatic heterocycles. The minimum atomic E-state index is -1.82. The zero-order chi connectivity index (χ0) is 28.7. The van der Waals surface area contributed by atoms with Gasteiger partial charge in [-0.2, -0.15) is 0 Å². The molecule has 0 saturated heterocycles. The number of guanidine groups is 1. The summed E-state index contributed by atoms with van der Waals surface area (Å²) < 4.78 is 0. The molecule has 0 aliphatic heterocycles. The lowest BCUT2D eigenvalue weighted by molar-refractivity contribution is -0.147. The summed E-state index contributed by atoms with van der Waals surface area (Å²) in [6, 6.07) is -6.26. The lowest BCUT2D eigenvalue weighted by atomic mass is 10.1. The van der Waals surface area contributed by atoms with Crippen LogP contribution in [0.5, 0.6) is 0 Å². The molecule has 18 heteroatoms. The van der Waals surface area contributed by atoms with Gasteiger partial charge in [-0.25, -0.2) is 4.79 Å². The van der Waals surface area contributed by atoms with Gasteiger partial charge in [0.1, 0.15) is 18.1 Å². The van der Waals surface area contributed by atoms with Gasteiger partial charge in [0, 0.05) is 13.0 Å². The molecule has 4 amide bonds. The molecule has 4 atom stereocenters. The number of nitrogens with one attached hydrogen (secondary N) is 3. The Labute approximate surface area is 210 Å². The van der Waals surface area contributed by atoms with Gasteiger partial charge in [0.15, 0.2) is 5.96 Å². The van der Waals surface area contributed by atoms with Crippen LogP contribution < -0.4 is 38.9 Å². The number of hydrogen-bond donors (Lipinski definition) is 10. The Kier molecular flexibility index (Phi) is 14.3. The zero-order valence-corrected chi connectivity index (χ0v) is 19.7. The second kappa shape index (κ2) is 16.2. The number of rotatable bonds is 18. The average Bonchev–Trinajstić information content (AvgIpc) is 2.77. The first-order chi connectivity index (χ1) is 17.1. The normalized spacial score (nSPS) is 13.6. The molecular weight excluding hydrogens is 500 g/mol. The number of amides is 4. The molecular formula is C19H32N8O10. The van der Waals surface area contributed by atoms with Crippen molar-refractivity contribution in [3.63, 3.8) is 0 Å². The number of hydrogen-bond acceptors (Lipinski definition) is 9. The van der Waals surface area contributed by atoms with Crippen molar-refractivity contribution in [3.05, 3.63) is 0 Å². The highest BCUT2D eigenvalue weighted by molar-refractivity contribution is 5.96. The summed E-state index contributed by atoms with van der Waals surface area (Å²) in [5.74, 6) is -8.75. The van der Waals surface area contributed by atoms with Crippen LogP contribution in [-0.4, -0.2) is 93.5 Å². The highest BCUT2D eigenvalue weighted by Gasteiger charge is 2.31. The van der Waals surface area contributed by atoms with E-state index in [9.17, 15) is 33.6 Å². The molecule has 0 rings (SSSR count). The summed E-state index contributed by atoms with van der Waals surface area (Å²) >= 11 is 0. The molecule has 4 unspecified atom stereocenters. The Morgan fingerprint density at radius 1 is 0.703 bits per heavy atom. The number of nitrogens with zero attached hydrogens (tertiary/aromatic N) is 1. The van der Waals surface area contributed by atoms with Gasteiger partial charge in [-0.3, -0.25) is 33.8 Å². The smallest absolute Gasteiger partial charge is 0.326 e. The second-order valence-corrected chi connectivity index (χ2v) is 7.78. The van der Waals surface area contributed by atoms with Crippen LogP contribution in [0, 0.1) is 0 Å². The van der Waals surface area contributed by atoms with E-state index in [0.717, 1.165) is 0 Å². The zero-order valence-electron chi connectivity index (χ0n) is 19.7. The van der Waals surface area contributed by atoms with Crippen LogP contribution in [0.15, 0.2) is 4.99 Å². The fourth-order valence-corrected chi connectivity index (χ4v) is 2.79. The van der Waals surface area contributed by atoms with Crippen molar-refractivity contribution in [2.24, 2.45) is 27.9 Å². The van der Waals surface area contributed by atoms with E-state index in [2.05, 4.69) is 15.6 Å². The monoisotopic (exact) mass is 532 g/mol. The number of primary amides is 1. The first-order valence-corrected chi connectivity index (χ1v) is 10.8. The van der Waals surface area contributed by atoms with Gasteiger partial charge in [-0.05, 0) is 19.3 Å². The number of carbonyl (C=O) groups excluding carboxylic acids is 4. The van der Waals surface area contributed by atoms with Crippen molar-refractivity contribution >= 4 is 47.5 Å². The van der Waals surface area contributed by atoms with Gasteiger partial charge in [0.05, 0.1) is 18.9 Å². The molecule has 0 aromatic rings. The molecule has 0 spiro atoms. The molecule has 37 heavy (non-hydrogen) atoms. The summed E-state index contributed by atoms with van der Waals surface area (Å²) in [5, 5.41) is 33.1. The SMILES string of the molecule is NC(=O)CC(NC(=O)C(N)CCC(=O)O)C(=O)NC(CCCN=C(N)N)C(=O)NC(CC(=O)O)C(=O)O. The van der Waals surface area contributed by atoms with Gasteiger partial charge in [-0.1, -0.05) is 0 Å². The van der Waals surface area contributed by atoms with E-state index in [1.165, 1.54) is 0 Å². The third-order valence-corrected chi connectivity index (χ3v) is 4.62. The van der Waals surface area contributed by atoms with Gasteiger partial charge in [0.25, 0.3) is 0 Å². The first kappa shape index (κ1) is 32.5. The van der Waals surface area contributed by atoms with Gasteiger partial charge < -0.3 is 54.2 Å². The predicted octanol–water partition coefficient (Wildman–Crippen LogP) is -4.88. The van der Waals surface area contributed by atoms with E-state index in [4.69, 9.17) is 38.3 Å². The summed E-state index contributed by atoms with van der Waals surface area (Å²) in [7, 11) is 0. The van der Waals surface area contributed by atoms with E-state index in [0.29, 0.717) is 0 Å². The van der Waals surface area contributed by atoms with Crippen LogP contribution in [0.25, 0.3) is 0 Å². The lowest BCUT2D eigenvalue weighted by Gasteiger charge is -2.24. The van der Waals surface area contributed by atoms with Gasteiger partial charge >= 0.3 is 17.9 Å². The van der Waals surface area contributed by atoms with Crippen molar-refractivity contribution in [2.45, 2.75) is 62.7 Å². The quantitative estimate of drug-likeness (QED) is 0.0450. The van der Waals surface area contributed by atoms with E-state index in [-0.39, 0.29) is 31.8 Å². The third kappa shape index (κ3) is 14.5. The van der Waals surface area contributed by atoms with Crippen LogP contribution in [0.4, 0.5) is 0 Å². The Bertz CT molecular complexity index is 905. The third-order valence-electron chi connectivity index (χ3n) is 4.62. The summed E-state index contributed by atoms with van der Waals surface area (Å²) in [5.41, 5.74) is 21.2. The molecule has 18 nitrogen and oxygen atoms in total. The molecule has 14 N–H and O–H groups in total. The minimum Gasteiger partial charge on any atom is -0.481 e. The van der Waals surface area contributed by atoms with Crippen molar-refractivity contribution < 1.29 is 48.9 Å². The molecule has 0 saturated carbocycles. The first-order valence-electron chi connectivity index (χ1n) is 10.8. The maximum atomic E-state index is 12.8. The standard InChI is InChI=1S/C19H32N8O10/c20-8(3-4-13(29)30)15(33)26-10(6-12(21)28)17(35)25-9(2-1-5-24-19(22)23)16(34)27-11(18(36)37)7-14(31)32/h8-11H,1-7,20H2,(H2,21,28)(H,25,35)(H,26,33)(H,27,34)(H,29,30)(H,31,32)(H,36,37)(H4,22,23,24). The average molecular weight is 533 g/mol. The fourth-order valence-electron chi connectivity index (χ4n) is 2.79. The Balaban J connectivity index is 5.66. The predicted molar refractivity (Wildman–Crippen MR) is 124 cm³/mol. The number of aliphatic imine (C=N–C) groups is 1. The van der Waals surface area contributed by atoms with E-state index in [1.54, 1.807) is 0 Å². The molecule has 0 radical (unpaired) electrons. The van der Waals surface area contributed by atoms with Crippen molar-refractivity contribution in [2.75, 3.05) is 6.54 Å². The topological polar surface area (TPSA) is 333 Å². The fraction of sp³-hybridized carbons (Fsp3) is 0.579. The van der Waals surface area contributed by atoms with E-state index < -0.39 is 85.0 Å². The van der Waals surface area contributed by atoms with Crippen LogP contribution >= 0.6 is 0 Å². The molecule has 0 aliphatic rings. The largest absolute Gasteiger partial charge is 0.481 e. The number of nitrogens with two attached hydrogens (primary N) is 4. The maximum Gasteiger partial charge on any atom is 0.326 e. The number of aliphatic carboxylic acids is 3. The highest BCUT2D eigenvalue weighted by atomic mass is 16.4. The van der Waals surface area contributed by atoms with E-state index >= 15 is 0 Å². The lowest BCUT2D eigenvalue weighted by Crippen LogP contribution is -2.57. The summed E-state index contributed by atoms with van der Waals surface area (Å²) in [4.78, 5) is 85.8. The second-order valence-electron chi connectivity index (χ2n) is 7.78. The molecule has 208 valence electrons. The van der Waals surface area contributed by atoms with E-state index in [1.807, 2.05) is 5.32 Å². The highest BCUT2D eigenvalue weighted by Crippen LogP contribution is 2.04. The molecule has 0 aromatic carbocycles. The van der Waals surface area contributed by atoms with Crippen LogP contribution in [0.1, 0.15) is 38.5 Å². The van der Waals surface area contributed by atoms with Crippen LogP contribution in [-0.2, 0) is 33.6 Å². The molecule has 0 fully saturated rings. The maximum absolute atomic E-state index is 12.8. The van der Waals surface area contributed by atoms with Crippen LogP contribution in [0.2, 0.25) is 0 Å². The summed E-state index contributed by atoms with van der Waals surface area (Å²) in [6.07, 6.45) is -2.46. The van der Waals surface area contributed by atoms with Crippen LogP contribution in [0.3, 0.4) is 0 Å². The van der Waals surface area contributed by atoms with Crippen molar-refractivity contribution in [1.29, 1.82) is 0 Å². The summed E-state index contributed by atoms with van der Waals surface area (Å²) in [6.45, 7) is 0.0132. The Morgan fingerprint density at radius 3 is 1.73 bits per heavy atom. The minimum absolute atomic E-state index is 0.0132. The van der Waals surface area contributed by atoms with Crippen molar-refractivity contribution in [1.82, 2.24) is 16.0 Å². The van der Waals surface area contributed by atoms with Crippen molar-refractivity contribution in [3.8, 4) is 0 Å². The van der Waals surface area contributed by atoms with Gasteiger partial charge in [0.2, 0.25) is 23.6 Å². The molecule has 0 bridgehead atoms. The number of carbonyl (C=O) groups is 7. The number of carboxylic acid groups (broad SMARTS) is 3.